The van der Waals surface area contributed by atoms with Crippen LogP contribution in [0.4, 0.5) is 0 Å². The number of ether oxygens (including phenoxy) is 1. The van der Waals surface area contributed by atoms with Crippen LogP contribution in [0.5, 0.6) is 5.75 Å². The van der Waals surface area contributed by atoms with Crippen molar-refractivity contribution in [1.82, 2.24) is 5.32 Å². The van der Waals surface area contributed by atoms with Gasteiger partial charge in [-0.25, -0.2) is 0 Å². The molecule has 5 heteroatoms. The molecule has 3 N–H and O–H groups in total. The highest BCUT2D eigenvalue weighted by atomic mass is 35.5. The maximum absolute atomic E-state index is 11.1. The van der Waals surface area contributed by atoms with Gasteiger partial charge in [-0.1, -0.05) is 13.0 Å². The van der Waals surface area contributed by atoms with Gasteiger partial charge in [-0.15, -0.1) is 12.4 Å². The van der Waals surface area contributed by atoms with Crippen molar-refractivity contribution in [1.29, 1.82) is 0 Å². The van der Waals surface area contributed by atoms with Gasteiger partial charge in [0.25, 0.3) is 0 Å². The highest BCUT2D eigenvalue weighted by molar-refractivity contribution is 5.85. The third kappa shape index (κ3) is 3.87. The summed E-state index contributed by atoms with van der Waals surface area (Å²) in [4.78, 5) is 11.1. The molecule has 112 valence electrons. The van der Waals surface area contributed by atoms with Gasteiger partial charge in [0, 0.05) is 19.0 Å². The summed E-state index contributed by atoms with van der Waals surface area (Å²) in [5.74, 6) is 1.06. The monoisotopic (exact) mass is 298 g/mol. The number of rotatable bonds is 5. The molecular weight excluding hydrogens is 276 g/mol. The lowest BCUT2D eigenvalue weighted by Gasteiger charge is -2.27. The Kier molecular flexibility index (Phi) is 6.30. The molecule has 0 aromatic heterocycles. The lowest BCUT2D eigenvalue weighted by Crippen LogP contribution is -2.29. The number of benzene rings is 1. The van der Waals surface area contributed by atoms with Gasteiger partial charge < -0.3 is 15.8 Å². The Hall–Kier alpha value is -1.26. The summed E-state index contributed by atoms with van der Waals surface area (Å²) >= 11 is 0. The topological polar surface area (TPSA) is 64.3 Å². The molecule has 1 heterocycles. The first-order valence-electron chi connectivity index (χ1n) is 6.78. The summed E-state index contributed by atoms with van der Waals surface area (Å²) < 4.78 is 5.30. The van der Waals surface area contributed by atoms with Crippen LogP contribution in [0.1, 0.15) is 36.8 Å². The molecule has 0 saturated carbocycles. The minimum absolute atomic E-state index is 0. The summed E-state index contributed by atoms with van der Waals surface area (Å²) in [7, 11) is 1.69. The molecule has 2 rings (SSSR count). The van der Waals surface area contributed by atoms with Crippen LogP contribution >= 0.6 is 12.4 Å². The van der Waals surface area contributed by atoms with Crippen LogP contribution in [0.2, 0.25) is 0 Å². The molecule has 0 bridgehead atoms. The number of nitrogens with two attached hydrogens (primary N) is 1. The maximum atomic E-state index is 11.1. The highest BCUT2D eigenvalue weighted by Crippen LogP contribution is 2.31. The van der Waals surface area contributed by atoms with E-state index in [4.69, 9.17) is 10.5 Å². The quantitative estimate of drug-likeness (QED) is 0.876. The zero-order chi connectivity index (χ0) is 13.8. The van der Waals surface area contributed by atoms with Crippen molar-refractivity contribution < 1.29 is 9.53 Å². The summed E-state index contributed by atoms with van der Waals surface area (Å²) in [5.41, 5.74) is 7.98. The fourth-order valence-electron chi connectivity index (χ4n) is 2.58. The highest BCUT2D eigenvalue weighted by Gasteiger charge is 2.21. The average molecular weight is 299 g/mol. The van der Waals surface area contributed by atoms with Crippen LogP contribution in [-0.2, 0) is 11.3 Å². The minimum atomic E-state index is -0.213. The lowest BCUT2D eigenvalue weighted by atomic mass is 9.85. The summed E-state index contributed by atoms with van der Waals surface area (Å²) in [5, 5.41) is 3.42. The van der Waals surface area contributed by atoms with Crippen molar-refractivity contribution in [2.75, 3.05) is 13.7 Å². The first-order chi connectivity index (χ1) is 9.11. The number of halogens is 1. The SMILES string of the molecule is COc1ccc2c(c1)C(CCC(C)C(N)=O)CNC2.Cl. The Balaban J connectivity index is 0.00000200. The van der Waals surface area contributed by atoms with Crippen molar-refractivity contribution in [3.63, 3.8) is 0 Å². The van der Waals surface area contributed by atoms with E-state index in [0.29, 0.717) is 5.92 Å². The maximum Gasteiger partial charge on any atom is 0.220 e. The fraction of sp³-hybridized carbons (Fsp3) is 0.533. The van der Waals surface area contributed by atoms with Crippen LogP contribution < -0.4 is 15.8 Å². The second-order valence-corrected chi connectivity index (χ2v) is 5.27. The largest absolute Gasteiger partial charge is 0.497 e. The van der Waals surface area contributed by atoms with Gasteiger partial charge in [0.15, 0.2) is 0 Å². The predicted molar refractivity (Wildman–Crippen MR) is 82.3 cm³/mol. The van der Waals surface area contributed by atoms with E-state index in [0.717, 1.165) is 31.7 Å². The molecule has 1 aromatic rings. The molecule has 0 fully saturated rings. The zero-order valence-corrected chi connectivity index (χ0v) is 12.8. The Labute approximate surface area is 126 Å². The molecule has 0 spiro atoms. The number of carbonyl (C=O) groups is 1. The van der Waals surface area contributed by atoms with Gasteiger partial charge in [0.1, 0.15) is 5.75 Å². The van der Waals surface area contributed by atoms with E-state index in [1.807, 2.05) is 13.0 Å². The fourth-order valence-corrected chi connectivity index (χ4v) is 2.58. The van der Waals surface area contributed by atoms with E-state index in [1.165, 1.54) is 11.1 Å². The first kappa shape index (κ1) is 16.8. The molecule has 1 aliphatic rings. The van der Waals surface area contributed by atoms with Crippen molar-refractivity contribution in [2.45, 2.75) is 32.2 Å². The van der Waals surface area contributed by atoms with E-state index in [-0.39, 0.29) is 24.2 Å². The van der Waals surface area contributed by atoms with Gasteiger partial charge in [-0.3, -0.25) is 4.79 Å². The van der Waals surface area contributed by atoms with Crippen molar-refractivity contribution in [3.8, 4) is 5.75 Å². The molecule has 1 aromatic carbocycles. The Morgan fingerprint density at radius 1 is 1.55 bits per heavy atom. The van der Waals surface area contributed by atoms with E-state index >= 15 is 0 Å². The molecule has 2 unspecified atom stereocenters. The molecule has 1 aliphatic heterocycles. The summed E-state index contributed by atoms with van der Waals surface area (Å²) in [6.45, 7) is 3.75. The first-order valence-corrected chi connectivity index (χ1v) is 6.78. The number of amides is 1. The number of methoxy groups -OCH3 is 1. The Morgan fingerprint density at radius 3 is 2.95 bits per heavy atom. The number of carbonyl (C=O) groups excluding carboxylic acids is 1. The lowest BCUT2D eigenvalue weighted by molar-refractivity contribution is -0.121. The average Bonchev–Trinajstić information content (AvgIpc) is 2.43. The van der Waals surface area contributed by atoms with Gasteiger partial charge >= 0.3 is 0 Å². The van der Waals surface area contributed by atoms with Gasteiger partial charge in [0.05, 0.1) is 7.11 Å². The third-order valence-electron chi connectivity index (χ3n) is 3.93. The second kappa shape index (κ2) is 7.50. The van der Waals surface area contributed by atoms with E-state index in [1.54, 1.807) is 7.11 Å². The number of fused-ring (bicyclic) bond motifs is 1. The number of primary amides is 1. The van der Waals surface area contributed by atoms with E-state index in [9.17, 15) is 4.79 Å². The Morgan fingerprint density at radius 2 is 2.30 bits per heavy atom. The van der Waals surface area contributed by atoms with Crippen LogP contribution in [0.3, 0.4) is 0 Å². The van der Waals surface area contributed by atoms with E-state index < -0.39 is 0 Å². The van der Waals surface area contributed by atoms with Gasteiger partial charge in [-0.2, -0.15) is 0 Å². The van der Waals surface area contributed by atoms with Crippen LogP contribution in [-0.4, -0.2) is 19.6 Å². The smallest absolute Gasteiger partial charge is 0.220 e. The van der Waals surface area contributed by atoms with Crippen LogP contribution in [0, 0.1) is 5.92 Å². The molecule has 1 amide bonds. The second-order valence-electron chi connectivity index (χ2n) is 5.27. The predicted octanol–water partition coefficient (Wildman–Crippen LogP) is 2.21. The standard InChI is InChI=1S/C15H22N2O2.ClH/c1-10(15(16)18)3-4-11-8-17-9-12-5-6-13(19-2)7-14(11)12;/h5-7,10-11,17H,3-4,8-9H2,1-2H3,(H2,16,18);1H. The zero-order valence-electron chi connectivity index (χ0n) is 12.0. The minimum Gasteiger partial charge on any atom is -0.497 e. The molecule has 0 saturated heterocycles. The molecule has 2 atom stereocenters. The van der Waals surface area contributed by atoms with Gasteiger partial charge in [-0.05, 0) is 42.0 Å². The van der Waals surface area contributed by atoms with Crippen molar-refractivity contribution >= 4 is 18.3 Å². The molecule has 4 nitrogen and oxygen atoms in total. The molecule has 20 heavy (non-hydrogen) atoms. The van der Waals surface area contributed by atoms with E-state index in [2.05, 4.69) is 17.4 Å². The number of hydrogen-bond donors (Lipinski definition) is 2. The molecule has 0 radical (unpaired) electrons. The summed E-state index contributed by atoms with van der Waals surface area (Å²) in [6.07, 6.45) is 1.80. The summed E-state index contributed by atoms with van der Waals surface area (Å²) in [6, 6.07) is 6.23. The normalized spacial score (nSPS) is 18.6. The van der Waals surface area contributed by atoms with Gasteiger partial charge in [0.2, 0.25) is 5.91 Å². The van der Waals surface area contributed by atoms with Crippen LogP contribution in [0.25, 0.3) is 0 Å². The number of nitrogens with one attached hydrogen (secondary N) is 1. The number of hydrogen-bond acceptors (Lipinski definition) is 3. The molecular formula is C15H23ClN2O2. The van der Waals surface area contributed by atoms with Crippen molar-refractivity contribution in [3.05, 3.63) is 29.3 Å². The molecule has 0 aliphatic carbocycles. The third-order valence-corrected chi connectivity index (χ3v) is 3.93. The van der Waals surface area contributed by atoms with Crippen LogP contribution in [0.15, 0.2) is 18.2 Å². The van der Waals surface area contributed by atoms with Crippen molar-refractivity contribution in [2.24, 2.45) is 11.7 Å². The Bertz CT molecular complexity index is 465.